The van der Waals surface area contributed by atoms with Crippen molar-refractivity contribution < 1.29 is 19.1 Å². The Morgan fingerprint density at radius 3 is 2.47 bits per heavy atom. The Labute approximate surface area is 102 Å². The Kier molecular flexibility index (Phi) is 4.71. The maximum absolute atomic E-state index is 11.6. The molecule has 0 radical (unpaired) electrons. The third kappa shape index (κ3) is 5.01. The van der Waals surface area contributed by atoms with E-state index in [1.807, 2.05) is 0 Å². The second-order valence-corrected chi connectivity index (χ2v) is 9.13. The third-order valence-electron chi connectivity index (χ3n) is 1.98. The van der Waals surface area contributed by atoms with Crippen molar-refractivity contribution in [2.75, 3.05) is 13.2 Å². The van der Waals surface area contributed by atoms with E-state index in [0.717, 1.165) is 0 Å². The summed E-state index contributed by atoms with van der Waals surface area (Å²) in [7, 11) is -1.56. The van der Waals surface area contributed by atoms with Crippen molar-refractivity contribution in [3.8, 4) is 5.75 Å². The summed E-state index contributed by atoms with van der Waals surface area (Å²) < 4.78 is 10.5. The Hall–Kier alpha value is -1.33. The van der Waals surface area contributed by atoms with Crippen LogP contribution in [0.25, 0.3) is 0 Å². The number of para-hydroxylation sites is 1. The van der Waals surface area contributed by atoms with E-state index in [4.69, 9.17) is 9.16 Å². The monoisotopic (exact) mass is 254 g/mol. The lowest BCUT2D eigenvalue weighted by Crippen LogP contribution is -2.27. The fourth-order valence-corrected chi connectivity index (χ4v) is 1.90. The van der Waals surface area contributed by atoms with Gasteiger partial charge < -0.3 is 14.3 Å². The summed E-state index contributed by atoms with van der Waals surface area (Å²) in [6.45, 7) is 6.81. The number of aromatic hydroxyl groups is 1. The van der Waals surface area contributed by atoms with Crippen LogP contribution in [0.4, 0.5) is 0 Å². The molecule has 0 heterocycles. The van der Waals surface area contributed by atoms with E-state index >= 15 is 0 Å². The van der Waals surface area contributed by atoms with Crippen molar-refractivity contribution in [1.29, 1.82) is 0 Å². The molecule has 1 aromatic rings. The first kappa shape index (κ1) is 13.7. The van der Waals surface area contributed by atoms with Crippen molar-refractivity contribution in [3.05, 3.63) is 29.8 Å². The van der Waals surface area contributed by atoms with Gasteiger partial charge in [0.2, 0.25) is 0 Å². The zero-order chi connectivity index (χ0) is 12.9. The highest BCUT2D eigenvalue weighted by Gasteiger charge is 2.15. The van der Waals surface area contributed by atoms with Crippen molar-refractivity contribution in [1.82, 2.24) is 0 Å². The van der Waals surface area contributed by atoms with Gasteiger partial charge in [-0.25, -0.2) is 4.79 Å². The number of phenolic OH excluding ortho intramolecular Hbond substituents is 1. The van der Waals surface area contributed by atoms with Gasteiger partial charge in [0.1, 0.15) is 17.9 Å². The molecule has 0 unspecified atom stereocenters. The largest absolute Gasteiger partial charge is 0.507 e. The van der Waals surface area contributed by atoms with E-state index in [1.54, 1.807) is 12.1 Å². The summed E-state index contributed by atoms with van der Waals surface area (Å²) in [4.78, 5) is 11.6. The highest BCUT2D eigenvalue weighted by molar-refractivity contribution is 6.69. The topological polar surface area (TPSA) is 55.8 Å². The van der Waals surface area contributed by atoms with E-state index in [0.29, 0.717) is 6.61 Å². The Bertz CT molecular complexity index is 384. The van der Waals surface area contributed by atoms with E-state index in [-0.39, 0.29) is 17.9 Å². The molecule has 4 nitrogen and oxygen atoms in total. The molecule has 0 spiro atoms. The van der Waals surface area contributed by atoms with E-state index in [9.17, 15) is 9.90 Å². The molecule has 0 saturated carbocycles. The van der Waals surface area contributed by atoms with Gasteiger partial charge in [-0.15, -0.1) is 0 Å². The molecule has 5 heteroatoms. The Morgan fingerprint density at radius 1 is 1.24 bits per heavy atom. The molecule has 0 bridgehead atoms. The van der Waals surface area contributed by atoms with Crippen LogP contribution in [-0.4, -0.2) is 32.6 Å². The van der Waals surface area contributed by atoms with E-state index < -0.39 is 14.3 Å². The van der Waals surface area contributed by atoms with Crippen LogP contribution in [-0.2, 0) is 9.16 Å². The zero-order valence-corrected chi connectivity index (χ0v) is 11.4. The number of carbonyl (C=O) groups excluding carboxylic acids is 1. The van der Waals surface area contributed by atoms with Gasteiger partial charge in [0.15, 0.2) is 8.32 Å². The number of esters is 1. The highest BCUT2D eigenvalue weighted by atomic mass is 28.4. The van der Waals surface area contributed by atoms with Crippen LogP contribution in [0.3, 0.4) is 0 Å². The molecule has 1 rings (SSSR count). The minimum Gasteiger partial charge on any atom is -0.507 e. The molecule has 0 atom stereocenters. The van der Waals surface area contributed by atoms with Crippen LogP contribution in [0.1, 0.15) is 10.4 Å². The maximum Gasteiger partial charge on any atom is 0.341 e. The minimum absolute atomic E-state index is 0.0661. The molecule has 0 aromatic heterocycles. The molecular weight excluding hydrogens is 236 g/mol. The number of carbonyl (C=O) groups is 1. The standard InChI is InChI=1S/C12H18O4Si/c1-17(2,3)16-9-8-15-12(14)10-6-4-5-7-11(10)13/h4-7,13H,8-9H2,1-3H3. The van der Waals surface area contributed by atoms with Crippen molar-refractivity contribution in [2.45, 2.75) is 19.6 Å². The number of hydrogen-bond donors (Lipinski definition) is 1. The Morgan fingerprint density at radius 2 is 1.88 bits per heavy atom. The van der Waals surface area contributed by atoms with Crippen molar-refractivity contribution >= 4 is 14.3 Å². The predicted molar refractivity (Wildman–Crippen MR) is 67.7 cm³/mol. The molecule has 0 amide bonds. The maximum atomic E-state index is 11.6. The second kappa shape index (κ2) is 5.84. The van der Waals surface area contributed by atoms with Crippen LogP contribution < -0.4 is 0 Å². The summed E-state index contributed by atoms with van der Waals surface area (Å²) in [6.07, 6.45) is 0. The van der Waals surface area contributed by atoms with Gasteiger partial charge in [0.05, 0.1) is 6.61 Å². The minimum atomic E-state index is -1.56. The van der Waals surface area contributed by atoms with Crippen LogP contribution in [0.2, 0.25) is 19.6 Å². The highest BCUT2D eigenvalue weighted by Crippen LogP contribution is 2.16. The van der Waals surface area contributed by atoms with Gasteiger partial charge >= 0.3 is 5.97 Å². The lowest BCUT2D eigenvalue weighted by molar-refractivity contribution is 0.0442. The molecule has 17 heavy (non-hydrogen) atoms. The van der Waals surface area contributed by atoms with Gasteiger partial charge in [-0.2, -0.15) is 0 Å². The third-order valence-corrected chi connectivity index (χ3v) is 3.05. The first-order valence-electron chi connectivity index (χ1n) is 5.49. The van der Waals surface area contributed by atoms with Crippen LogP contribution in [0, 0.1) is 0 Å². The molecule has 94 valence electrons. The quantitative estimate of drug-likeness (QED) is 0.498. The lowest BCUT2D eigenvalue weighted by Gasteiger charge is -2.16. The number of rotatable bonds is 5. The van der Waals surface area contributed by atoms with E-state index in [2.05, 4.69) is 19.6 Å². The number of ether oxygens (including phenoxy) is 1. The van der Waals surface area contributed by atoms with Crippen molar-refractivity contribution in [2.24, 2.45) is 0 Å². The van der Waals surface area contributed by atoms with Gasteiger partial charge in [0, 0.05) is 0 Å². The predicted octanol–water partition coefficient (Wildman–Crippen LogP) is 2.40. The molecule has 0 fully saturated rings. The van der Waals surface area contributed by atoms with Crippen LogP contribution >= 0.6 is 0 Å². The first-order valence-corrected chi connectivity index (χ1v) is 8.90. The average molecular weight is 254 g/mol. The number of benzene rings is 1. The van der Waals surface area contributed by atoms with Crippen LogP contribution in [0.15, 0.2) is 24.3 Å². The van der Waals surface area contributed by atoms with Gasteiger partial charge in [-0.05, 0) is 31.8 Å². The summed E-state index contributed by atoms with van der Waals surface area (Å²) in [5.41, 5.74) is 0.181. The molecule has 0 aliphatic carbocycles. The summed E-state index contributed by atoms with van der Waals surface area (Å²) in [6, 6.07) is 6.31. The smallest absolute Gasteiger partial charge is 0.341 e. The fraction of sp³-hybridized carbons (Fsp3) is 0.417. The zero-order valence-electron chi connectivity index (χ0n) is 10.4. The molecule has 1 N–H and O–H groups in total. The summed E-state index contributed by atoms with van der Waals surface area (Å²) in [5, 5.41) is 9.44. The lowest BCUT2D eigenvalue weighted by atomic mass is 10.2. The number of phenols is 1. The first-order chi connectivity index (χ1) is 7.90. The van der Waals surface area contributed by atoms with Crippen molar-refractivity contribution in [3.63, 3.8) is 0 Å². The summed E-state index contributed by atoms with van der Waals surface area (Å²) >= 11 is 0. The van der Waals surface area contributed by atoms with Gasteiger partial charge in [0.25, 0.3) is 0 Å². The van der Waals surface area contributed by atoms with E-state index in [1.165, 1.54) is 12.1 Å². The summed E-state index contributed by atoms with van der Waals surface area (Å²) in [5.74, 6) is -0.592. The molecule has 0 aliphatic rings. The fourth-order valence-electron chi connectivity index (χ4n) is 1.21. The second-order valence-electron chi connectivity index (χ2n) is 4.61. The molecule has 0 aliphatic heterocycles. The average Bonchev–Trinajstić information content (AvgIpc) is 2.23. The van der Waals surface area contributed by atoms with Gasteiger partial charge in [-0.1, -0.05) is 12.1 Å². The van der Waals surface area contributed by atoms with Gasteiger partial charge in [-0.3, -0.25) is 0 Å². The SMILES string of the molecule is C[Si](C)(C)OCCOC(=O)c1ccccc1O. The number of hydrogen-bond acceptors (Lipinski definition) is 4. The molecule has 0 saturated heterocycles. The Balaban J connectivity index is 2.39. The van der Waals surface area contributed by atoms with Crippen LogP contribution in [0.5, 0.6) is 5.75 Å². The normalized spacial score (nSPS) is 11.2. The molecule has 1 aromatic carbocycles. The molecular formula is C12H18O4Si.